The van der Waals surface area contributed by atoms with E-state index in [9.17, 15) is 48.6 Å². The number of rotatable bonds is 24. The molecule has 0 saturated carbocycles. The third-order valence-corrected chi connectivity index (χ3v) is 9.33. The quantitative estimate of drug-likeness (QED) is 0.0528. The van der Waals surface area contributed by atoms with E-state index in [1.165, 1.54) is 0 Å². The number of hydrogen-bond acceptors (Lipinski definition) is 14. The van der Waals surface area contributed by atoms with Crippen molar-refractivity contribution in [3.8, 4) is 0 Å². The van der Waals surface area contributed by atoms with Crippen molar-refractivity contribution >= 4 is 47.5 Å². The van der Waals surface area contributed by atoms with Gasteiger partial charge in [-0.1, -0.05) is 60.7 Å². The zero-order chi connectivity index (χ0) is 45.3. The summed E-state index contributed by atoms with van der Waals surface area (Å²) in [5.41, 5.74) is 1.62. The fourth-order valence-corrected chi connectivity index (χ4v) is 6.05. The predicted octanol–water partition coefficient (Wildman–Crippen LogP) is -2.82. The first-order chi connectivity index (χ1) is 29.7. The van der Waals surface area contributed by atoms with Crippen LogP contribution in [0, 0.1) is 0 Å². The van der Waals surface area contributed by atoms with Crippen molar-refractivity contribution in [3.05, 3.63) is 71.8 Å². The van der Waals surface area contributed by atoms with Crippen LogP contribution < -0.4 is 21.3 Å². The van der Waals surface area contributed by atoms with Crippen molar-refractivity contribution in [1.29, 1.82) is 0 Å². The second kappa shape index (κ2) is 27.7. The Morgan fingerprint density at radius 1 is 0.468 bits per heavy atom. The second-order valence-corrected chi connectivity index (χ2v) is 14.4. The molecule has 0 spiro atoms. The van der Waals surface area contributed by atoms with Gasteiger partial charge in [0.05, 0.1) is 52.6 Å². The minimum atomic E-state index is -1.38. The molecule has 1 fully saturated rings. The third kappa shape index (κ3) is 21.5. The molecule has 0 bridgehead atoms. The lowest BCUT2D eigenvalue weighted by molar-refractivity contribution is -0.144. The number of benzene rings is 2. The lowest BCUT2D eigenvalue weighted by Crippen LogP contribution is -2.53. The van der Waals surface area contributed by atoms with Gasteiger partial charge in [0.2, 0.25) is 23.6 Å². The van der Waals surface area contributed by atoms with Crippen molar-refractivity contribution in [2.45, 2.75) is 25.3 Å². The summed E-state index contributed by atoms with van der Waals surface area (Å²) in [6, 6.07) is 15.3. The number of carboxylic acids is 4. The molecule has 340 valence electrons. The number of aliphatic carboxylic acids is 4. The van der Waals surface area contributed by atoms with Crippen molar-refractivity contribution in [2.24, 2.45) is 0 Å². The zero-order valence-electron chi connectivity index (χ0n) is 34.3. The van der Waals surface area contributed by atoms with E-state index in [-0.39, 0.29) is 105 Å². The van der Waals surface area contributed by atoms with E-state index < -0.39 is 72.7 Å². The minimum Gasteiger partial charge on any atom is -0.480 e. The largest absolute Gasteiger partial charge is 0.480 e. The molecule has 2 aromatic carbocycles. The van der Waals surface area contributed by atoms with Gasteiger partial charge in [0.15, 0.2) is 12.1 Å². The number of amides is 4. The van der Waals surface area contributed by atoms with E-state index in [4.69, 9.17) is 19.7 Å². The molecule has 22 heteroatoms. The number of ether oxygens (including phenoxy) is 2. The number of nitrogens with zero attached hydrogens (tertiary/aromatic N) is 4. The fourth-order valence-electron chi connectivity index (χ4n) is 6.05. The Morgan fingerprint density at radius 2 is 0.758 bits per heavy atom. The zero-order valence-corrected chi connectivity index (χ0v) is 34.3. The molecule has 2 aromatic rings. The molecule has 62 heavy (non-hydrogen) atoms. The molecule has 1 heterocycles. The summed E-state index contributed by atoms with van der Waals surface area (Å²) < 4.78 is 11.1. The van der Waals surface area contributed by atoms with Crippen LogP contribution >= 0.6 is 0 Å². The molecular formula is C40H56N8O14. The average molecular weight is 873 g/mol. The molecule has 3 rings (SSSR count). The predicted molar refractivity (Wildman–Crippen MR) is 218 cm³/mol. The fraction of sp³-hybridized carbons (Fsp3) is 0.500. The van der Waals surface area contributed by atoms with Crippen LogP contribution in [0.5, 0.6) is 0 Å². The summed E-state index contributed by atoms with van der Waals surface area (Å²) in [5, 5.41) is 47.4. The van der Waals surface area contributed by atoms with Crippen LogP contribution in [0.3, 0.4) is 0 Å². The van der Waals surface area contributed by atoms with Gasteiger partial charge >= 0.3 is 23.9 Å². The Hall–Kier alpha value is -6.04. The van der Waals surface area contributed by atoms with E-state index in [0.29, 0.717) is 0 Å². The van der Waals surface area contributed by atoms with Gasteiger partial charge in [-0.2, -0.15) is 0 Å². The smallest absolute Gasteiger partial charge is 0.328 e. The first-order valence-corrected chi connectivity index (χ1v) is 19.8. The first-order valence-electron chi connectivity index (χ1n) is 19.8. The summed E-state index contributed by atoms with van der Waals surface area (Å²) in [6.45, 7) is -1.71. The average Bonchev–Trinajstić information content (AvgIpc) is 3.22. The second-order valence-electron chi connectivity index (χ2n) is 14.4. The number of carboxylic acid groups (broad SMARTS) is 4. The Morgan fingerprint density at radius 3 is 1.03 bits per heavy atom. The van der Waals surface area contributed by atoms with Gasteiger partial charge in [0.1, 0.15) is 13.1 Å². The van der Waals surface area contributed by atoms with Crippen LogP contribution in [0.25, 0.3) is 0 Å². The maximum Gasteiger partial charge on any atom is 0.328 e. The molecule has 0 radical (unpaired) electrons. The van der Waals surface area contributed by atoms with Crippen LogP contribution in [0.4, 0.5) is 0 Å². The highest BCUT2D eigenvalue weighted by molar-refractivity contribution is 5.86. The molecule has 2 atom stereocenters. The monoisotopic (exact) mass is 872 g/mol. The van der Waals surface area contributed by atoms with Gasteiger partial charge in [-0.25, -0.2) is 9.59 Å². The Kier molecular flexibility index (Phi) is 22.5. The molecule has 0 aromatic heterocycles. The normalized spacial score (nSPS) is 15.7. The molecule has 8 N–H and O–H groups in total. The highest BCUT2D eigenvalue weighted by Gasteiger charge is 2.26. The maximum atomic E-state index is 13.3. The van der Waals surface area contributed by atoms with E-state index in [2.05, 4.69) is 21.3 Å². The van der Waals surface area contributed by atoms with Crippen molar-refractivity contribution < 1.29 is 68.3 Å². The van der Waals surface area contributed by atoms with Crippen molar-refractivity contribution in [2.75, 3.05) is 105 Å². The summed E-state index contributed by atoms with van der Waals surface area (Å²) >= 11 is 0. The van der Waals surface area contributed by atoms with Crippen LogP contribution in [-0.2, 0) is 61.0 Å². The van der Waals surface area contributed by atoms with Gasteiger partial charge in [-0.05, 0) is 11.1 Å². The Labute approximate surface area is 358 Å². The number of hydrogen-bond donors (Lipinski definition) is 8. The SMILES string of the molecule is O=C(O)CNC(=O)CN1CCN(CC(=O)NC(COCc2ccccc2)C(=O)O)CCN(CC(=O)NCC(=O)O)CCN(CC(=O)NC(COCc2ccccc2)C(=O)O)CC1. The molecule has 2 unspecified atom stereocenters. The number of carbonyl (C=O) groups excluding carboxylic acids is 4. The number of nitrogens with one attached hydrogen (secondary N) is 4. The summed E-state index contributed by atoms with van der Waals surface area (Å²) in [5.74, 6) is -7.64. The topological polar surface area (TPSA) is 297 Å². The van der Waals surface area contributed by atoms with Crippen LogP contribution in [-0.4, -0.2) is 204 Å². The molecule has 1 aliphatic heterocycles. The van der Waals surface area contributed by atoms with E-state index in [0.717, 1.165) is 11.1 Å². The van der Waals surface area contributed by atoms with E-state index in [1.807, 2.05) is 12.1 Å². The highest BCUT2D eigenvalue weighted by Crippen LogP contribution is 2.05. The lowest BCUT2D eigenvalue weighted by Gasteiger charge is -2.33. The standard InChI is InChI=1S/C40H56N8O14/c49-33(41-19-37(53)54)21-45-11-15-47(23-35(51)43-31(39(57)58)27-61-25-29-7-3-1-4-8-29)16-12-46(22-34(50)42-20-38(55)56)14-18-48(17-13-45)24-36(52)44-32(40(59)60)28-62-26-30-9-5-2-6-10-30/h1-10,31-32H,11-28H2,(H,41,49)(H,42,50)(H,43,51)(H,44,52)(H,53,54)(H,55,56)(H,57,58)(H,59,60). The Bertz CT molecular complexity index is 1630. The lowest BCUT2D eigenvalue weighted by atomic mass is 10.2. The van der Waals surface area contributed by atoms with Crippen molar-refractivity contribution in [1.82, 2.24) is 40.9 Å². The molecule has 0 aliphatic carbocycles. The van der Waals surface area contributed by atoms with E-state index in [1.54, 1.807) is 68.1 Å². The summed E-state index contributed by atoms with van der Waals surface area (Å²) in [6.07, 6.45) is 0. The van der Waals surface area contributed by atoms with Crippen LogP contribution in [0.2, 0.25) is 0 Å². The molecule has 4 amide bonds. The van der Waals surface area contributed by atoms with Gasteiger partial charge in [0.25, 0.3) is 0 Å². The molecular weight excluding hydrogens is 816 g/mol. The van der Waals surface area contributed by atoms with Gasteiger partial charge in [-0.15, -0.1) is 0 Å². The molecule has 22 nitrogen and oxygen atoms in total. The maximum absolute atomic E-state index is 13.3. The van der Waals surface area contributed by atoms with Crippen molar-refractivity contribution in [3.63, 3.8) is 0 Å². The number of carbonyl (C=O) groups is 8. The first kappa shape index (κ1) is 50.3. The van der Waals surface area contributed by atoms with Gasteiger partial charge in [-0.3, -0.25) is 48.4 Å². The van der Waals surface area contributed by atoms with Crippen LogP contribution in [0.15, 0.2) is 60.7 Å². The van der Waals surface area contributed by atoms with Crippen LogP contribution in [0.1, 0.15) is 11.1 Å². The van der Waals surface area contributed by atoms with E-state index >= 15 is 0 Å². The minimum absolute atomic E-state index is 0.119. The summed E-state index contributed by atoms with van der Waals surface area (Å²) in [7, 11) is 0. The Balaban J connectivity index is 1.76. The highest BCUT2D eigenvalue weighted by atomic mass is 16.5. The molecule has 1 aliphatic rings. The van der Waals surface area contributed by atoms with Gasteiger partial charge < -0.3 is 51.2 Å². The summed E-state index contributed by atoms with van der Waals surface area (Å²) in [4.78, 5) is 105. The van der Waals surface area contributed by atoms with Gasteiger partial charge in [0, 0.05) is 52.4 Å². The molecule has 1 saturated heterocycles. The third-order valence-electron chi connectivity index (χ3n) is 9.33.